The second-order valence-corrected chi connectivity index (χ2v) is 4.30. The molecule has 3 aromatic rings. The number of hydrogen-bond acceptors (Lipinski definition) is 2. The Morgan fingerprint density at radius 2 is 1.45 bits per heavy atom. The van der Waals surface area contributed by atoms with E-state index in [-0.39, 0.29) is 44.3 Å². The summed E-state index contributed by atoms with van der Waals surface area (Å²) in [6.07, 6.45) is 0. The Labute approximate surface area is 154 Å². The van der Waals surface area contributed by atoms with Gasteiger partial charge in [-0.25, -0.2) is 0 Å². The van der Waals surface area contributed by atoms with Gasteiger partial charge < -0.3 is 17.7 Å². The Hall–Kier alpha value is -1.66. The summed E-state index contributed by atoms with van der Waals surface area (Å²) in [7, 11) is 0. The van der Waals surface area contributed by atoms with Crippen LogP contribution >= 0.6 is 12.4 Å². The molecule has 3 aromatic carbocycles. The first-order valence-corrected chi connectivity index (χ1v) is 6.07. The summed E-state index contributed by atoms with van der Waals surface area (Å²) in [6.45, 7) is 0. The molecule has 0 aromatic heterocycles. The van der Waals surface area contributed by atoms with Gasteiger partial charge in [-0.2, -0.15) is 0 Å². The minimum atomic E-state index is 0. The third-order valence-corrected chi connectivity index (χ3v) is 3.05. The van der Waals surface area contributed by atoms with E-state index in [0.29, 0.717) is 5.69 Å². The summed E-state index contributed by atoms with van der Waals surface area (Å²) in [4.78, 5) is 3.14. The van der Waals surface area contributed by atoms with Gasteiger partial charge in [-0.05, 0) is 23.6 Å². The minimum Gasteiger partial charge on any atom is -1.00 e. The molecular formula is C16H13Cl2N3Zn. The number of fused-ring (bicyclic) bond motifs is 1. The first-order valence-electron chi connectivity index (χ1n) is 6.07. The number of nitrogens with zero attached hydrogens (tertiary/aromatic N) is 2. The molecule has 22 heavy (non-hydrogen) atoms. The fourth-order valence-corrected chi connectivity index (χ4v) is 2.10. The van der Waals surface area contributed by atoms with E-state index in [1.807, 2.05) is 36.4 Å². The summed E-state index contributed by atoms with van der Waals surface area (Å²) < 4.78 is 0. The molecule has 0 amide bonds. The molecule has 0 saturated heterocycles. The molecule has 0 saturated carbocycles. The Bertz CT molecular complexity index is 765. The third kappa shape index (κ3) is 4.42. The van der Waals surface area contributed by atoms with Gasteiger partial charge in [-0.15, -0.1) is 12.4 Å². The topological polar surface area (TPSA) is 40.2 Å². The molecule has 0 heterocycles. The van der Waals surface area contributed by atoms with Crippen molar-refractivity contribution in [3.8, 4) is 0 Å². The van der Waals surface area contributed by atoms with Crippen molar-refractivity contribution in [2.24, 2.45) is 0 Å². The molecular weight excluding hydrogens is 370 g/mol. The van der Waals surface area contributed by atoms with Gasteiger partial charge in [0, 0.05) is 48.4 Å². The van der Waals surface area contributed by atoms with Crippen LogP contribution in [0.2, 0.25) is 0 Å². The Morgan fingerprint density at radius 3 is 2.14 bits per heavy atom. The van der Waals surface area contributed by atoms with Crippen LogP contribution in [0.4, 0.5) is 17.1 Å². The zero-order valence-electron chi connectivity index (χ0n) is 11.7. The molecule has 108 valence electrons. The van der Waals surface area contributed by atoms with Crippen LogP contribution in [-0.2, 0) is 19.5 Å². The first kappa shape index (κ1) is 20.3. The maximum absolute atomic E-state index is 8.66. The van der Waals surface area contributed by atoms with E-state index in [0.717, 1.165) is 11.4 Å². The van der Waals surface area contributed by atoms with E-state index in [9.17, 15) is 0 Å². The van der Waals surface area contributed by atoms with Crippen LogP contribution in [0.15, 0.2) is 66.7 Å². The number of diazo groups is 1. The number of anilines is 2. The standard InChI is InChI=1S/C16H12N3.2ClH.Zn/c17-19-14-10-8-13(9-11-14)18-16-7-3-5-12-4-1-2-6-15(12)16;;;/h1-11,18H;2*1H;/q+1;;;/p-1. The molecule has 0 fully saturated rings. The largest absolute Gasteiger partial charge is 1.00 e. The predicted molar refractivity (Wildman–Crippen MR) is 85.7 cm³/mol. The van der Waals surface area contributed by atoms with Crippen molar-refractivity contribution in [1.82, 2.24) is 0 Å². The molecule has 0 bridgehead atoms. The molecule has 3 nitrogen and oxygen atoms in total. The van der Waals surface area contributed by atoms with Crippen LogP contribution in [0.5, 0.6) is 0 Å². The summed E-state index contributed by atoms with van der Waals surface area (Å²) in [5.74, 6) is 0. The van der Waals surface area contributed by atoms with Gasteiger partial charge in [0.05, 0.1) is 0 Å². The van der Waals surface area contributed by atoms with E-state index in [4.69, 9.17) is 5.39 Å². The van der Waals surface area contributed by atoms with Crippen molar-refractivity contribution in [2.75, 3.05) is 5.32 Å². The predicted octanol–water partition coefficient (Wildman–Crippen LogP) is 2.49. The van der Waals surface area contributed by atoms with Crippen LogP contribution in [-0.4, -0.2) is 0 Å². The molecule has 3 rings (SSSR count). The van der Waals surface area contributed by atoms with Crippen molar-refractivity contribution < 1.29 is 31.9 Å². The summed E-state index contributed by atoms with van der Waals surface area (Å²) in [6, 6.07) is 21.7. The molecule has 0 aliphatic carbocycles. The van der Waals surface area contributed by atoms with Crippen molar-refractivity contribution in [3.05, 3.63) is 71.7 Å². The molecule has 6 heteroatoms. The molecule has 0 atom stereocenters. The average molecular weight is 384 g/mol. The smallest absolute Gasteiger partial charge is 0.385 e. The Morgan fingerprint density at radius 1 is 0.818 bits per heavy atom. The van der Waals surface area contributed by atoms with Crippen molar-refractivity contribution in [2.45, 2.75) is 0 Å². The second kappa shape index (κ2) is 9.38. The summed E-state index contributed by atoms with van der Waals surface area (Å²) in [5.41, 5.74) is 2.57. The second-order valence-electron chi connectivity index (χ2n) is 4.30. The van der Waals surface area contributed by atoms with E-state index in [1.165, 1.54) is 10.8 Å². The van der Waals surface area contributed by atoms with Gasteiger partial charge in [-0.3, -0.25) is 0 Å². The SMILES string of the molecule is Cl.N#[N+]c1ccc(Nc2cccc3ccccc23)cc1.[Cl-].[Zn]. The van der Waals surface area contributed by atoms with Crippen LogP contribution in [0, 0.1) is 5.39 Å². The van der Waals surface area contributed by atoms with Crippen molar-refractivity contribution in [3.63, 3.8) is 0 Å². The molecule has 0 radical (unpaired) electrons. The van der Waals surface area contributed by atoms with Gasteiger partial charge in [0.1, 0.15) is 0 Å². The molecule has 0 aliphatic heterocycles. The van der Waals surface area contributed by atoms with Crippen LogP contribution < -0.4 is 17.7 Å². The minimum absolute atomic E-state index is 0. The normalized spacial score (nSPS) is 8.68. The monoisotopic (exact) mass is 381 g/mol. The number of nitrogens with one attached hydrogen (secondary N) is 1. The van der Waals surface area contributed by atoms with Gasteiger partial charge >= 0.3 is 5.69 Å². The fraction of sp³-hybridized carbons (Fsp3) is 0. The zero-order chi connectivity index (χ0) is 13.1. The van der Waals surface area contributed by atoms with Crippen LogP contribution in [0.25, 0.3) is 15.7 Å². The number of rotatable bonds is 2. The first-order chi connectivity index (χ1) is 9.36. The zero-order valence-corrected chi connectivity index (χ0v) is 16.3. The van der Waals surface area contributed by atoms with Gasteiger partial charge in [0.25, 0.3) is 0 Å². The average Bonchev–Trinajstić information content (AvgIpc) is 2.48. The van der Waals surface area contributed by atoms with E-state index < -0.39 is 0 Å². The summed E-state index contributed by atoms with van der Waals surface area (Å²) >= 11 is 0. The van der Waals surface area contributed by atoms with Crippen LogP contribution in [0.3, 0.4) is 0 Å². The maximum atomic E-state index is 8.66. The van der Waals surface area contributed by atoms with Crippen LogP contribution in [0.1, 0.15) is 0 Å². The number of hydrogen-bond donors (Lipinski definition) is 1. The van der Waals surface area contributed by atoms with E-state index >= 15 is 0 Å². The molecule has 0 unspecified atom stereocenters. The van der Waals surface area contributed by atoms with Gasteiger partial charge in [-0.1, -0.05) is 36.4 Å². The fourth-order valence-electron chi connectivity index (χ4n) is 2.10. The Balaban J connectivity index is 0.00000147. The van der Waals surface area contributed by atoms with E-state index in [1.54, 1.807) is 12.1 Å². The molecule has 0 aliphatic rings. The Kier molecular flexibility index (Phi) is 8.67. The number of halogens is 2. The molecule has 0 spiro atoms. The van der Waals surface area contributed by atoms with Gasteiger partial charge in [0.2, 0.25) is 5.39 Å². The third-order valence-electron chi connectivity index (χ3n) is 3.05. The van der Waals surface area contributed by atoms with Gasteiger partial charge in [0.15, 0.2) is 4.98 Å². The van der Waals surface area contributed by atoms with Crippen molar-refractivity contribution >= 4 is 40.2 Å². The quantitative estimate of drug-likeness (QED) is 0.546. The summed E-state index contributed by atoms with van der Waals surface area (Å²) in [5, 5.41) is 14.4. The van der Waals surface area contributed by atoms with Crippen molar-refractivity contribution in [1.29, 1.82) is 5.39 Å². The maximum Gasteiger partial charge on any atom is 0.385 e. The van der Waals surface area contributed by atoms with E-state index in [2.05, 4.69) is 28.5 Å². The molecule has 1 N–H and O–H groups in total. The number of benzene rings is 3.